The number of para-hydroxylation sites is 3. The highest BCUT2D eigenvalue weighted by Gasteiger charge is 2.45. The molecule has 2 aromatic heterocycles. The molecule has 4 heterocycles. The summed E-state index contributed by atoms with van der Waals surface area (Å²) in [6, 6.07) is 36.0. The lowest BCUT2D eigenvalue weighted by molar-refractivity contribution is 0.590. The van der Waals surface area contributed by atoms with Crippen molar-refractivity contribution in [2.45, 2.75) is 33.1 Å². The van der Waals surface area contributed by atoms with E-state index in [1.165, 1.54) is 37.0 Å². The molecule has 6 aromatic carbocycles. The van der Waals surface area contributed by atoms with E-state index in [1.807, 2.05) is 29.5 Å². The molecule has 2 aliphatic heterocycles. The molecule has 0 spiro atoms. The van der Waals surface area contributed by atoms with E-state index in [0.29, 0.717) is 16.4 Å². The van der Waals surface area contributed by atoms with Gasteiger partial charge in [-0.1, -0.05) is 99.6 Å². The Bertz CT molecular complexity index is 2820. The number of aryl methyl sites for hydroxylation is 1. The zero-order valence-corrected chi connectivity index (χ0v) is 27.9. The summed E-state index contributed by atoms with van der Waals surface area (Å²) in [5.41, 5.74) is 11.9. The number of benzene rings is 6. The lowest BCUT2D eigenvalue weighted by Crippen LogP contribution is -2.60. The first-order valence-electron chi connectivity index (χ1n) is 18.4. The second kappa shape index (κ2) is 9.88. The molecule has 0 amide bonds. The van der Waals surface area contributed by atoms with Crippen LogP contribution in [0.5, 0.6) is 0 Å². The first kappa shape index (κ1) is 24.0. The van der Waals surface area contributed by atoms with Crippen molar-refractivity contribution in [3.8, 4) is 0 Å². The SMILES string of the molecule is [2H]c1c([2H])c([2H])c2c(oc3c(N4c5ccccc5B5c6sc7ccccc7c6N(c6ccc(C(C)(C)C)cc6)c6cc(C)cc4c65)cccc32)c1[2H]. The van der Waals surface area contributed by atoms with E-state index in [9.17, 15) is 0 Å². The summed E-state index contributed by atoms with van der Waals surface area (Å²) in [4.78, 5) is 4.74. The summed E-state index contributed by atoms with van der Waals surface area (Å²) in [6.07, 6.45) is 0. The van der Waals surface area contributed by atoms with Crippen molar-refractivity contribution < 1.29 is 9.90 Å². The molecule has 0 saturated carbocycles. The number of rotatable bonds is 2. The predicted molar refractivity (Wildman–Crippen MR) is 207 cm³/mol. The Hall–Kier alpha value is -5.26. The molecule has 8 aromatic rings. The quantitative estimate of drug-likeness (QED) is 0.175. The zero-order valence-electron chi connectivity index (χ0n) is 31.1. The fraction of sp³-hybridized carbons (Fsp3) is 0.116. The van der Waals surface area contributed by atoms with Crippen LogP contribution in [-0.2, 0) is 5.41 Å². The standard InChI is InChI=1S/C43H33BN2OS/c1-26-24-35-39-36(25-26)46(34-17-11-14-30-29-12-5-9-18-37(29)47-41(30)34)33-16-8-7-15-32(33)44(39)42-40(31-13-6-10-19-38(31)48-42)45(35)28-22-20-27(21-23-28)43(2,3)4/h5-25H,1-4H3/i5D,9D,12D,18D. The molecular weight excluding hydrogens is 603 g/mol. The van der Waals surface area contributed by atoms with Crippen LogP contribution in [0.1, 0.15) is 37.4 Å². The van der Waals surface area contributed by atoms with E-state index in [2.05, 4.69) is 122 Å². The summed E-state index contributed by atoms with van der Waals surface area (Å²) in [5, 5.41) is 2.30. The van der Waals surface area contributed by atoms with Gasteiger partial charge in [0.15, 0.2) is 5.58 Å². The molecular formula is C43H33BN2OS. The third-order valence-electron chi connectivity index (χ3n) is 9.97. The van der Waals surface area contributed by atoms with Gasteiger partial charge in [-0.25, -0.2) is 0 Å². The van der Waals surface area contributed by atoms with Crippen molar-refractivity contribution in [2.75, 3.05) is 9.80 Å². The second-order valence-corrected chi connectivity index (χ2v) is 15.0. The van der Waals surface area contributed by atoms with Crippen LogP contribution in [0.2, 0.25) is 0 Å². The summed E-state index contributed by atoms with van der Waals surface area (Å²) >= 11 is 1.86. The van der Waals surface area contributed by atoms with Crippen molar-refractivity contribution in [2.24, 2.45) is 0 Å². The van der Waals surface area contributed by atoms with Crippen LogP contribution in [0, 0.1) is 6.92 Å². The van der Waals surface area contributed by atoms with Crippen molar-refractivity contribution in [3.63, 3.8) is 0 Å². The fourth-order valence-corrected chi connectivity index (χ4v) is 9.15. The number of nitrogens with zero attached hydrogens (tertiary/aromatic N) is 2. The minimum Gasteiger partial charge on any atom is -0.454 e. The fourth-order valence-electron chi connectivity index (χ4n) is 7.83. The lowest BCUT2D eigenvalue weighted by Gasteiger charge is -2.43. The van der Waals surface area contributed by atoms with Crippen molar-refractivity contribution in [1.82, 2.24) is 0 Å². The Balaban J connectivity index is 1.30. The van der Waals surface area contributed by atoms with Gasteiger partial charge in [0.25, 0.3) is 6.71 Å². The Kier molecular flexibility index (Phi) is 4.93. The molecule has 0 fully saturated rings. The van der Waals surface area contributed by atoms with Gasteiger partial charge in [0.1, 0.15) is 5.58 Å². The summed E-state index contributed by atoms with van der Waals surface area (Å²) < 4.78 is 43.3. The van der Waals surface area contributed by atoms with Crippen LogP contribution in [0.15, 0.2) is 132 Å². The van der Waals surface area contributed by atoms with Crippen LogP contribution in [-0.4, -0.2) is 6.71 Å². The van der Waals surface area contributed by atoms with Crippen molar-refractivity contribution >= 4 is 99.9 Å². The molecule has 0 bridgehead atoms. The average molecular weight is 641 g/mol. The monoisotopic (exact) mass is 640 g/mol. The summed E-state index contributed by atoms with van der Waals surface area (Å²) in [7, 11) is 0. The Morgan fingerprint density at radius 1 is 0.708 bits per heavy atom. The highest BCUT2D eigenvalue weighted by atomic mass is 32.1. The molecule has 0 unspecified atom stereocenters. The molecule has 230 valence electrons. The van der Waals surface area contributed by atoms with Gasteiger partial charge in [-0.05, 0) is 82.9 Å². The van der Waals surface area contributed by atoms with E-state index in [4.69, 9.17) is 9.90 Å². The van der Waals surface area contributed by atoms with E-state index in [1.54, 1.807) is 0 Å². The number of thiophene rings is 1. The Morgan fingerprint density at radius 2 is 1.42 bits per heavy atom. The molecule has 0 radical (unpaired) electrons. The number of hydrogen-bond acceptors (Lipinski definition) is 4. The molecule has 3 nitrogen and oxygen atoms in total. The van der Waals surface area contributed by atoms with E-state index in [-0.39, 0.29) is 41.9 Å². The molecule has 10 rings (SSSR count). The van der Waals surface area contributed by atoms with Crippen LogP contribution in [0.3, 0.4) is 0 Å². The Labute approximate surface area is 290 Å². The molecule has 0 saturated heterocycles. The predicted octanol–water partition coefficient (Wildman–Crippen LogP) is 10.5. The summed E-state index contributed by atoms with van der Waals surface area (Å²) in [5.74, 6) is 0. The van der Waals surface area contributed by atoms with Gasteiger partial charge in [0, 0.05) is 48.4 Å². The van der Waals surface area contributed by atoms with Crippen molar-refractivity contribution in [1.29, 1.82) is 0 Å². The van der Waals surface area contributed by atoms with E-state index < -0.39 is 0 Å². The number of hydrogen-bond donors (Lipinski definition) is 0. The minimum atomic E-state index is -0.299. The molecule has 2 aliphatic rings. The molecule has 0 N–H and O–H groups in total. The highest BCUT2D eigenvalue weighted by molar-refractivity contribution is 7.33. The smallest absolute Gasteiger partial charge is 0.264 e. The van der Waals surface area contributed by atoms with E-state index >= 15 is 0 Å². The number of fused-ring (bicyclic) bond motifs is 9. The maximum absolute atomic E-state index is 8.79. The first-order chi connectivity index (χ1) is 25.0. The van der Waals surface area contributed by atoms with Gasteiger partial charge in [0.2, 0.25) is 0 Å². The largest absolute Gasteiger partial charge is 0.454 e. The maximum atomic E-state index is 8.79. The average Bonchev–Trinajstić information content (AvgIpc) is 3.72. The van der Waals surface area contributed by atoms with Crippen LogP contribution < -0.4 is 25.5 Å². The zero-order chi connectivity index (χ0) is 35.8. The van der Waals surface area contributed by atoms with Gasteiger partial charge < -0.3 is 14.2 Å². The van der Waals surface area contributed by atoms with Crippen molar-refractivity contribution in [3.05, 3.63) is 138 Å². The Morgan fingerprint density at radius 3 is 2.25 bits per heavy atom. The van der Waals surface area contributed by atoms with Gasteiger partial charge in [0.05, 0.1) is 16.9 Å². The molecule has 0 atom stereocenters. The van der Waals surface area contributed by atoms with Crippen LogP contribution in [0.4, 0.5) is 34.1 Å². The van der Waals surface area contributed by atoms with Gasteiger partial charge in [-0.2, -0.15) is 0 Å². The van der Waals surface area contributed by atoms with Gasteiger partial charge >= 0.3 is 0 Å². The van der Waals surface area contributed by atoms with Crippen LogP contribution in [0.25, 0.3) is 32.0 Å². The lowest BCUT2D eigenvalue weighted by atomic mass is 9.36. The third kappa shape index (κ3) is 3.82. The van der Waals surface area contributed by atoms with Crippen LogP contribution >= 0.6 is 11.3 Å². The second-order valence-electron chi connectivity index (χ2n) is 13.9. The topological polar surface area (TPSA) is 19.6 Å². The third-order valence-corrected chi connectivity index (χ3v) is 11.2. The molecule has 0 aliphatic carbocycles. The molecule has 5 heteroatoms. The van der Waals surface area contributed by atoms with Gasteiger partial charge in [-0.3, -0.25) is 0 Å². The summed E-state index contributed by atoms with van der Waals surface area (Å²) in [6.45, 7) is 8.88. The highest BCUT2D eigenvalue weighted by Crippen LogP contribution is 2.49. The van der Waals surface area contributed by atoms with E-state index in [0.717, 1.165) is 34.0 Å². The number of furan rings is 1. The first-order valence-corrected chi connectivity index (χ1v) is 17.2. The van der Waals surface area contributed by atoms with Gasteiger partial charge in [-0.15, -0.1) is 11.3 Å². The molecule has 48 heavy (non-hydrogen) atoms. The number of anilines is 6. The maximum Gasteiger partial charge on any atom is 0.264 e. The normalized spacial score (nSPS) is 14.9. The minimum absolute atomic E-state index is 0.0122.